The number of carbonyl (C=O) groups excluding carboxylic acids is 1. The van der Waals surface area contributed by atoms with Crippen LogP contribution >= 0.6 is 11.3 Å². The maximum atomic E-state index is 12.5. The first-order valence-corrected chi connectivity index (χ1v) is 7.72. The second-order valence-electron chi connectivity index (χ2n) is 5.25. The first kappa shape index (κ1) is 13.3. The van der Waals surface area contributed by atoms with Crippen LogP contribution in [0.5, 0.6) is 0 Å². The molecule has 1 fully saturated rings. The van der Waals surface area contributed by atoms with Gasteiger partial charge >= 0.3 is 0 Å². The molecule has 0 aliphatic carbocycles. The summed E-state index contributed by atoms with van der Waals surface area (Å²) in [5, 5.41) is 1.95. The summed E-state index contributed by atoms with van der Waals surface area (Å²) in [5.74, 6) is 0.131. The molecule has 2 aromatic rings. The largest absolute Gasteiger partial charge is 0.341 e. The molecule has 5 nitrogen and oxygen atoms in total. The highest BCUT2D eigenvalue weighted by molar-refractivity contribution is 7.17. The van der Waals surface area contributed by atoms with Crippen LogP contribution in [0.4, 0.5) is 0 Å². The van der Waals surface area contributed by atoms with Crippen molar-refractivity contribution in [3.8, 4) is 0 Å². The monoisotopic (exact) mass is 291 g/mol. The zero-order valence-corrected chi connectivity index (χ0v) is 12.4. The molecule has 0 spiro atoms. The molecule has 3 rings (SSSR count). The van der Waals surface area contributed by atoms with E-state index >= 15 is 0 Å². The highest BCUT2D eigenvalue weighted by Crippen LogP contribution is 2.24. The second-order valence-corrected chi connectivity index (χ2v) is 6.13. The van der Waals surface area contributed by atoms with Gasteiger partial charge in [-0.2, -0.15) is 0 Å². The minimum Gasteiger partial charge on any atom is -0.341 e. The number of likely N-dealkylation sites (tertiary alicyclic amines) is 1. The van der Waals surface area contributed by atoms with Crippen molar-refractivity contribution >= 4 is 27.5 Å². The lowest BCUT2D eigenvalue weighted by Gasteiger charge is -2.16. The van der Waals surface area contributed by atoms with Gasteiger partial charge in [0.05, 0.1) is 17.9 Å². The van der Waals surface area contributed by atoms with Crippen molar-refractivity contribution in [3.05, 3.63) is 27.6 Å². The molecule has 1 amide bonds. The number of thiophene rings is 1. The Labute approximate surface area is 120 Å². The van der Waals surface area contributed by atoms with Gasteiger partial charge in [0, 0.05) is 19.5 Å². The lowest BCUT2D eigenvalue weighted by molar-refractivity contribution is -0.127. The Bertz CT molecular complexity index is 719. The Morgan fingerprint density at radius 2 is 2.25 bits per heavy atom. The van der Waals surface area contributed by atoms with Crippen LogP contribution in [0.25, 0.3) is 10.2 Å². The van der Waals surface area contributed by atoms with Crippen LogP contribution in [-0.4, -0.2) is 33.4 Å². The summed E-state index contributed by atoms with van der Waals surface area (Å²) in [7, 11) is 0. The fraction of sp³-hybridized carbons (Fsp3) is 0.500. The first-order valence-electron chi connectivity index (χ1n) is 6.84. The van der Waals surface area contributed by atoms with Crippen LogP contribution in [0, 0.1) is 6.92 Å². The van der Waals surface area contributed by atoms with E-state index in [2.05, 4.69) is 11.9 Å². The predicted molar refractivity (Wildman–Crippen MR) is 79.1 cm³/mol. The number of hydrogen-bond acceptors (Lipinski definition) is 4. The smallest absolute Gasteiger partial charge is 0.271 e. The summed E-state index contributed by atoms with van der Waals surface area (Å²) >= 11 is 1.43. The van der Waals surface area contributed by atoms with Crippen molar-refractivity contribution in [2.24, 2.45) is 0 Å². The molecule has 1 aliphatic heterocycles. The van der Waals surface area contributed by atoms with E-state index in [4.69, 9.17) is 0 Å². The van der Waals surface area contributed by atoms with Gasteiger partial charge in [-0.05, 0) is 24.3 Å². The fourth-order valence-electron chi connectivity index (χ4n) is 2.72. The molecule has 1 atom stereocenters. The minimum absolute atomic E-state index is 0.0238. The van der Waals surface area contributed by atoms with E-state index in [9.17, 15) is 9.59 Å². The minimum atomic E-state index is -0.0825. The third-order valence-corrected chi connectivity index (χ3v) is 4.84. The van der Waals surface area contributed by atoms with Gasteiger partial charge in [0.15, 0.2) is 0 Å². The predicted octanol–water partition coefficient (Wildman–Crippen LogP) is 1.95. The van der Waals surface area contributed by atoms with Gasteiger partial charge in [-0.15, -0.1) is 11.3 Å². The summed E-state index contributed by atoms with van der Waals surface area (Å²) in [6.07, 6.45) is 2.93. The van der Waals surface area contributed by atoms with Crippen molar-refractivity contribution in [2.75, 3.05) is 13.1 Å². The van der Waals surface area contributed by atoms with Crippen LogP contribution in [0.15, 0.2) is 16.5 Å². The van der Waals surface area contributed by atoms with Crippen LogP contribution in [0.1, 0.15) is 31.4 Å². The summed E-state index contributed by atoms with van der Waals surface area (Å²) in [6.45, 7) is 5.38. The standard InChI is InChI=1S/C14H17N3O2S/c1-3-4-16-6-10(5-11(16)18)17-8-15-12-9(2)7-20-13(12)14(17)19/h7-8,10H,3-6H2,1-2H3. The number of carbonyl (C=O) groups is 1. The third-order valence-electron chi connectivity index (χ3n) is 3.76. The van der Waals surface area contributed by atoms with Gasteiger partial charge in [0.25, 0.3) is 5.56 Å². The fourth-order valence-corrected chi connectivity index (χ4v) is 3.66. The van der Waals surface area contributed by atoms with Crippen LogP contribution in [-0.2, 0) is 4.79 Å². The first-order chi connectivity index (χ1) is 9.61. The maximum absolute atomic E-state index is 12.5. The Hall–Kier alpha value is -1.69. The van der Waals surface area contributed by atoms with Crippen LogP contribution < -0.4 is 5.56 Å². The van der Waals surface area contributed by atoms with Gasteiger partial charge in [-0.25, -0.2) is 4.98 Å². The molecule has 1 unspecified atom stereocenters. The van der Waals surface area contributed by atoms with Crippen molar-refractivity contribution in [1.82, 2.24) is 14.5 Å². The average molecular weight is 291 g/mol. The number of amides is 1. The average Bonchev–Trinajstić information content (AvgIpc) is 2.96. The molecule has 3 heterocycles. The van der Waals surface area contributed by atoms with Gasteiger partial charge in [-0.3, -0.25) is 14.2 Å². The molecule has 0 saturated carbocycles. The third kappa shape index (κ3) is 2.04. The Kier molecular flexibility index (Phi) is 3.33. The molecular formula is C14H17N3O2S. The molecule has 0 aromatic carbocycles. The highest BCUT2D eigenvalue weighted by Gasteiger charge is 2.31. The van der Waals surface area contributed by atoms with E-state index in [1.807, 2.05) is 17.2 Å². The molecule has 0 N–H and O–H groups in total. The second kappa shape index (κ2) is 5.01. The van der Waals surface area contributed by atoms with Crippen LogP contribution in [0.2, 0.25) is 0 Å². The molecular weight excluding hydrogens is 274 g/mol. The lowest BCUT2D eigenvalue weighted by Crippen LogP contribution is -2.29. The summed E-state index contributed by atoms with van der Waals surface area (Å²) in [4.78, 5) is 30.6. The van der Waals surface area contributed by atoms with E-state index in [0.29, 0.717) is 17.7 Å². The number of fused-ring (bicyclic) bond motifs is 1. The molecule has 0 bridgehead atoms. The van der Waals surface area contributed by atoms with E-state index in [1.54, 1.807) is 10.9 Å². The maximum Gasteiger partial charge on any atom is 0.271 e. The Morgan fingerprint density at radius 1 is 1.45 bits per heavy atom. The Balaban J connectivity index is 1.97. The van der Waals surface area contributed by atoms with Crippen molar-refractivity contribution in [3.63, 3.8) is 0 Å². The summed E-state index contributed by atoms with van der Waals surface area (Å²) in [5.41, 5.74) is 1.79. The number of hydrogen-bond donors (Lipinski definition) is 0. The van der Waals surface area contributed by atoms with Crippen molar-refractivity contribution in [1.29, 1.82) is 0 Å². The molecule has 106 valence electrons. The number of aryl methyl sites for hydroxylation is 1. The quantitative estimate of drug-likeness (QED) is 0.868. The summed E-state index contributed by atoms with van der Waals surface area (Å²) < 4.78 is 2.32. The van der Waals surface area contributed by atoms with E-state index in [0.717, 1.165) is 24.0 Å². The number of aromatic nitrogens is 2. The molecule has 1 saturated heterocycles. The van der Waals surface area contributed by atoms with Gasteiger partial charge in [0.2, 0.25) is 5.91 Å². The number of rotatable bonds is 3. The van der Waals surface area contributed by atoms with Gasteiger partial charge in [-0.1, -0.05) is 6.92 Å². The number of nitrogens with zero attached hydrogens (tertiary/aromatic N) is 3. The van der Waals surface area contributed by atoms with Crippen LogP contribution in [0.3, 0.4) is 0 Å². The molecule has 6 heteroatoms. The van der Waals surface area contributed by atoms with Crippen molar-refractivity contribution in [2.45, 2.75) is 32.7 Å². The zero-order chi connectivity index (χ0) is 14.3. The van der Waals surface area contributed by atoms with Gasteiger partial charge < -0.3 is 4.90 Å². The normalized spacial score (nSPS) is 19.2. The van der Waals surface area contributed by atoms with Crippen molar-refractivity contribution < 1.29 is 4.79 Å². The summed E-state index contributed by atoms with van der Waals surface area (Å²) in [6, 6.07) is -0.0825. The SMILES string of the molecule is CCCN1CC(n2cnc3c(C)csc3c2=O)CC1=O. The zero-order valence-electron chi connectivity index (χ0n) is 11.6. The molecule has 2 aromatic heterocycles. The van der Waals surface area contributed by atoms with E-state index in [-0.39, 0.29) is 17.5 Å². The topological polar surface area (TPSA) is 55.2 Å². The van der Waals surface area contributed by atoms with E-state index < -0.39 is 0 Å². The molecule has 20 heavy (non-hydrogen) atoms. The van der Waals surface area contributed by atoms with Gasteiger partial charge in [0.1, 0.15) is 4.70 Å². The molecule has 1 aliphatic rings. The molecule has 0 radical (unpaired) electrons. The lowest BCUT2D eigenvalue weighted by atomic mass is 10.2. The highest BCUT2D eigenvalue weighted by atomic mass is 32.1. The Morgan fingerprint density at radius 3 is 3.00 bits per heavy atom. The van der Waals surface area contributed by atoms with E-state index in [1.165, 1.54) is 11.3 Å².